The smallest absolute Gasteiger partial charge is 0.255 e. The van der Waals surface area contributed by atoms with Gasteiger partial charge in [-0.3, -0.25) is 24.6 Å². The SMILES string of the molecule is CN(Cc1cccc2c1C(=O)N(C1CCC(=O)NC1=O)C2)[C@@H]1CCCC[C@@H]1N. The van der Waals surface area contributed by atoms with Crippen molar-refractivity contribution in [1.82, 2.24) is 15.1 Å². The normalized spacial score (nSPS) is 27.9. The molecule has 3 atom stereocenters. The minimum absolute atomic E-state index is 0.110. The molecule has 2 aliphatic heterocycles. The van der Waals surface area contributed by atoms with Gasteiger partial charge in [-0.2, -0.15) is 0 Å². The van der Waals surface area contributed by atoms with Crippen LogP contribution in [0.4, 0.5) is 0 Å². The van der Waals surface area contributed by atoms with Crippen LogP contribution in [0.3, 0.4) is 0 Å². The molecule has 1 saturated heterocycles. The number of hydrogen-bond acceptors (Lipinski definition) is 5. The van der Waals surface area contributed by atoms with Crippen LogP contribution in [0.2, 0.25) is 0 Å². The van der Waals surface area contributed by atoms with E-state index < -0.39 is 6.04 Å². The number of piperidine rings is 1. The van der Waals surface area contributed by atoms with Crippen molar-refractivity contribution in [3.63, 3.8) is 0 Å². The lowest BCUT2D eigenvalue weighted by atomic mass is 9.89. The quantitative estimate of drug-likeness (QED) is 0.759. The van der Waals surface area contributed by atoms with Crippen LogP contribution in [-0.4, -0.2) is 52.7 Å². The highest BCUT2D eigenvalue weighted by atomic mass is 16.2. The molecule has 1 aromatic rings. The molecule has 0 radical (unpaired) electrons. The van der Waals surface area contributed by atoms with Crippen molar-refractivity contribution < 1.29 is 14.4 Å². The number of benzene rings is 1. The Balaban J connectivity index is 1.53. The highest BCUT2D eigenvalue weighted by molar-refractivity contribution is 6.05. The first-order chi connectivity index (χ1) is 13.5. The Hall–Kier alpha value is -2.25. The zero-order valence-corrected chi connectivity index (χ0v) is 16.3. The summed E-state index contributed by atoms with van der Waals surface area (Å²) in [6.07, 6.45) is 5.17. The molecule has 2 fully saturated rings. The second-order valence-corrected chi connectivity index (χ2v) is 8.28. The van der Waals surface area contributed by atoms with Crippen LogP contribution in [0.15, 0.2) is 18.2 Å². The number of carbonyl (C=O) groups excluding carboxylic acids is 3. The van der Waals surface area contributed by atoms with Gasteiger partial charge in [0.25, 0.3) is 5.91 Å². The van der Waals surface area contributed by atoms with Gasteiger partial charge in [0, 0.05) is 37.2 Å². The van der Waals surface area contributed by atoms with Crippen LogP contribution in [0.5, 0.6) is 0 Å². The molecule has 3 N–H and O–H groups in total. The predicted octanol–water partition coefficient (Wildman–Crippen LogP) is 1.15. The van der Waals surface area contributed by atoms with Gasteiger partial charge in [-0.25, -0.2) is 0 Å². The fourth-order valence-corrected chi connectivity index (χ4v) is 4.89. The fraction of sp³-hybridized carbons (Fsp3) is 0.571. The second-order valence-electron chi connectivity index (χ2n) is 8.28. The van der Waals surface area contributed by atoms with Crippen LogP contribution >= 0.6 is 0 Å². The summed E-state index contributed by atoms with van der Waals surface area (Å²) in [6, 6.07) is 5.85. The highest BCUT2D eigenvalue weighted by Crippen LogP contribution is 2.31. The zero-order chi connectivity index (χ0) is 19.8. The van der Waals surface area contributed by atoms with Crippen molar-refractivity contribution in [2.45, 2.75) is 69.7 Å². The average molecular weight is 384 g/mol. The van der Waals surface area contributed by atoms with Crippen LogP contribution in [0.25, 0.3) is 0 Å². The maximum absolute atomic E-state index is 13.2. The number of nitrogens with zero attached hydrogens (tertiary/aromatic N) is 2. The van der Waals surface area contributed by atoms with Gasteiger partial charge >= 0.3 is 0 Å². The second kappa shape index (κ2) is 7.64. The lowest BCUT2D eigenvalue weighted by molar-refractivity contribution is -0.136. The van der Waals surface area contributed by atoms with Gasteiger partial charge in [0.15, 0.2) is 0 Å². The Morgan fingerprint density at radius 2 is 1.96 bits per heavy atom. The minimum atomic E-state index is -0.574. The van der Waals surface area contributed by atoms with Gasteiger partial charge in [0.1, 0.15) is 6.04 Å². The van der Waals surface area contributed by atoms with E-state index in [1.165, 1.54) is 12.8 Å². The van der Waals surface area contributed by atoms with E-state index in [9.17, 15) is 14.4 Å². The molecule has 3 amide bonds. The maximum atomic E-state index is 13.2. The summed E-state index contributed by atoms with van der Waals surface area (Å²) in [4.78, 5) is 40.7. The lowest BCUT2D eigenvalue weighted by Crippen LogP contribution is -2.52. The van der Waals surface area contributed by atoms with Gasteiger partial charge in [-0.1, -0.05) is 31.0 Å². The molecular formula is C21H28N4O3. The Morgan fingerprint density at radius 1 is 1.18 bits per heavy atom. The summed E-state index contributed by atoms with van der Waals surface area (Å²) in [5.74, 6) is -0.748. The molecule has 1 unspecified atom stereocenters. The number of fused-ring (bicyclic) bond motifs is 1. The van der Waals surface area contributed by atoms with E-state index >= 15 is 0 Å². The summed E-state index contributed by atoms with van der Waals surface area (Å²) in [5, 5.41) is 2.35. The Bertz CT molecular complexity index is 809. The van der Waals surface area contributed by atoms with E-state index in [1.807, 2.05) is 18.2 Å². The number of nitrogens with two attached hydrogens (primary N) is 1. The van der Waals surface area contributed by atoms with Crippen LogP contribution < -0.4 is 11.1 Å². The van der Waals surface area contributed by atoms with Gasteiger partial charge in [0.2, 0.25) is 11.8 Å². The first kappa shape index (κ1) is 19.1. The van der Waals surface area contributed by atoms with E-state index in [2.05, 4.69) is 17.3 Å². The third-order valence-corrected chi connectivity index (χ3v) is 6.41. The van der Waals surface area contributed by atoms with Crippen molar-refractivity contribution in [1.29, 1.82) is 0 Å². The van der Waals surface area contributed by atoms with E-state index in [4.69, 9.17) is 5.73 Å². The molecule has 3 aliphatic rings. The number of imide groups is 1. The average Bonchev–Trinajstić information content (AvgIpc) is 2.99. The molecule has 7 heteroatoms. The highest BCUT2D eigenvalue weighted by Gasteiger charge is 2.40. The van der Waals surface area contributed by atoms with Crippen LogP contribution in [0.1, 0.15) is 60.0 Å². The number of amides is 3. The molecule has 4 rings (SSSR count). The Kier molecular flexibility index (Phi) is 5.21. The van der Waals surface area contributed by atoms with Crippen LogP contribution in [-0.2, 0) is 22.7 Å². The fourth-order valence-electron chi connectivity index (χ4n) is 4.89. The van der Waals surface area contributed by atoms with Crippen LogP contribution in [0, 0.1) is 0 Å². The monoisotopic (exact) mass is 384 g/mol. The Morgan fingerprint density at radius 3 is 2.71 bits per heavy atom. The number of rotatable bonds is 4. The van der Waals surface area contributed by atoms with Gasteiger partial charge < -0.3 is 10.6 Å². The number of carbonyl (C=O) groups is 3. The molecule has 28 heavy (non-hydrogen) atoms. The summed E-state index contributed by atoms with van der Waals surface area (Å²) >= 11 is 0. The zero-order valence-electron chi connectivity index (χ0n) is 16.3. The molecule has 0 bridgehead atoms. The topological polar surface area (TPSA) is 95.7 Å². The Labute approximate surface area is 165 Å². The third-order valence-electron chi connectivity index (χ3n) is 6.41. The molecule has 1 aliphatic carbocycles. The standard InChI is InChI=1S/C21H28N4O3/c1-24(16-8-3-2-7-15(16)22)11-13-5-4-6-14-12-25(21(28)19(13)14)17-9-10-18(26)23-20(17)27/h4-6,15-17H,2-3,7-12,22H2,1H3,(H,23,26,27)/t15-,16+,17?/m0/s1. The van der Waals surface area contributed by atoms with Crippen molar-refractivity contribution in [3.8, 4) is 0 Å². The molecule has 7 nitrogen and oxygen atoms in total. The summed E-state index contributed by atoms with van der Waals surface area (Å²) in [6.45, 7) is 1.08. The van der Waals surface area contributed by atoms with Gasteiger partial charge in [-0.05, 0) is 37.4 Å². The summed E-state index contributed by atoms with van der Waals surface area (Å²) in [7, 11) is 2.08. The van der Waals surface area contributed by atoms with Crippen molar-refractivity contribution in [2.24, 2.45) is 5.73 Å². The lowest BCUT2D eigenvalue weighted by Gasteiger charge is -2.36. The molecule has 2 heterocycles. The molecule has 1 saturated carbocycles. The van der Waals surface area contributed by atoms with Crippen molar-refractivity contribution in [3.05, 3.63) is 34.9 Å². The molecule has 0 spiro atoms. The summed E-state index contributed by atoms with van der Waals surface area (Å²) in [5.41, 5.74) is 8.98. The number of nitrogens with one attached hydrogen (secondary N) is 1. The maximum Gasteiger partial charge on any atom is 0.255 e. The van der Waals surface area contributed by atoms with E-state index in [0.29, 0.717) is 31.1 Å². The largest absolute Gasteiger partial charge is 0.326 e. The van der Waals surface area contributed by atoms with Crippen molar-refractivity contribution in [2.75, 3.05) is 7.05 Å². The van der Waals surface area contributed by atoms with E-state index in [1.54, 1.807) is 4.90 Å². The molecule has 150 valence electrons. The first-order valence-electron chi connectivity index (χ1n) is 10.2. The minimum Gasteiger partial charge on any atom is -0.326 e. The number of hydrogen-bond donors (Lipinski definition) is 2. The molecule has 1 aromatic carbocycles. The van der Waals surface area contributed by atoms with E-state index in [0.717, 1.165) is 24.0 Å². The summed E-state index contributed by atoms with van der Waals surface area (Å²) < 4.78 is 0. The predicted molar refractivity (Wildman–Crippen MR) is 104 cm³/mol. The van der Waals surface area contributed by atoms with E-state index in [-0.39, 0.29) is 30.2 Å². The van der Waals surface area contributed by atoms with Gasteiger partial charge in [-0.15, -0.1) is 0 Å². The third kappa shape index (κ3) is 3.44. The first-order valence-corrected chi connectivity index (χ1v) is 10.2. The van der Waals surface area contributed by atoms with Crippen molar-refractivity contribution >= 4 is 17.7 Å². The number of likely N-dealkylation sites (N-methyl/N-ethyl adjacent to an activating group) is 1. The molecule has 0 aromatic heterocycles. The van der Waals surface area contributed by atoms with Gasteiger partial charge in [0.05, 0.1) is 0 Å². The molecular weight excluding hydrogens is 356 g/mol.